The number of amides is 1. The first kappa shape index (κ1) is 14.5. The van der Waals surface area contributed by atoms with Crippen LogP contribution in [0, 0.1) is 5.92 Å². The van der Waals surface area contributed by atoms with Crippen molar-refractivity contribution in [2.45, 2.75) is 58.6 Å². The molecule has 19 heavy (non-hydrogen) atoms. The van der Waals surface area contributed by atoms with E-state index in [1.54, 1.807) is 11.0 Å². The standard InChI is InChI=1S/C14H23NO4/c1-9(2)11-8-17-14(4,5)15(11)13(16)12-7-6-10(3)18-19-12/h6-7,9-12H,8H2,1-5H3/t10-,11+,12-/m0/s1. The highest BCUT2D eigenvalue weighted by Gasteiger charge is 2.47. The number of carbonyl (C=O) groups excluding carboxylic acids is 1. The van der Waals surface area contributed by atoms with Crippen molar-refractivity contribution in [3.8, 4) is 0 Å². The van der Waals surface area contributed by atoms with E-state index in [1.807, 2.05) is 26.8 Å². The van der Waals surface area contributed by atoms with Gasteiger partial charge in [-0.15, -0.1) is 0 Å². The zero-order valence-electron chi connectivity index (χ0n) is 12.3. The molecule has 5 nitrogen and oxygen atoms in total. The molecule has 1 fully saturated rings. The minimum Gasteiger partial charge on any atom is -0.354 e. The molecule has 108 valence electrons. The molecule has 3 atom stereocenters. The highest BCUT2D eigenvalue weighted by Crippen LogP contribution is 2.32. The van der Waals surface area contributed by atoms with Crippen molar-refractivity contribution in [1.82, 2.24) is 4.90 Å². The van der Waals surface area contributed by atoms with Crippen molar-refractivity contribution >= 4 is 5.91 Å². The Hall–Kier alpha value is -0.910. The number of rotatable bonds is 2. The Morgan fingerprint density at radius 2 is 2.00 bits per heavy atom. The number of carbonyl (C=O) groups is 1. The van der Waals surface area contributed by atoms with Gasteiger partial charge in [-0.25, -0.2) is 9.78 Å². The lowest BCUT2D eigenvalue weighted by Crippen LogP contribution is -2.53. The molecular weight excluding hydrogens is 246 g/mol. The van der Waals surface area contributed by atoms with Crippen LogP contribution in [0.4, 0.5) is 0 Å². The van der Waals surface area contributed by atoms with Crippen LogP contribution >= 0.6 is 0 Å². The SMILES string of the molecule is CC(C)[C@H]1COC(C)(C)N1C(=O)[C@@H]1C=C[C@H](C)OO1. The van der Waals surface area contributed by atoms with E-state index in [-0.39, 0.29) is 18.1 Å². The Bertz CT molecular complexity index is 378. The third kappa shape index (κ3) is 2.83. The van der Waals surface area contributed by atoms with Crippen molar-refractivity contribution in [3.05, 3.63) is 12.2 Å². The van der Waals surface area contributed by atoms with Gasteiger partial charge >= 0.3 is 0 Å². The van der Waals surface area contributed by atoms with Gasteiger partial charge in [0.1, 0.15) is 11.8 Å². The molecule has 0 bridgehead atoms. The maximum atomic E-state index is 12.6. The average molecular weight is 269 g/mol. The van der Waals surface area contributed by atoms with Crippen LogP contribution < -0.4 is 0 Å². The minimum absolute atomic E-state index is 0.0684. The fraction of sp³-hybridized carbons (Fsp3) is 0.786. The van der Waals surface area contributed by atoms with Gasteiger partial charge in [-0.2, -0.15) is 0 Å². The van der Waals surface area contributed by atoms with Crippen molar-refractivity contribution in [2.24, 2.45) is 5.92 Å². The molecule has 0 N–H and O–H groups in total. The second-order valence-electron chi connectivity index (χ2n) is 5.98. The summed E-state index contributed by atoms with van der Waals surface area (Å²) in [5.74, 6) is 0.225. The maximum absolute atomic E-state index is 12.6. The van der Waals surface area contributed by atoms with Crippen LogP contribution in [-0.4, -0.2) is 41.4 Å². The van der Waals surface area contributed by atoms with Gasteiger partial charge in [0.15, 0.2) is 6.10 Å². The van der Waals surface area contributed by atoms with Crippen LogP contribution in [0.3, 0.4) is 0 Å². The number of hydrogen-bond donors (Lipinski definition) is 0. The molecule has 0 aliphatic carbocycles. The summed E-state index contributed by atoms with van der Waals surface area (Å²) in [5.41, 5.74) is -0.605. The Kier molecular flexibility index (Phi) is 3.99. The zero-order valence-corrected chi connectivity index (χ0v) is 12.3. The Morgan fingerprint density at radius 3 is 2.53 bits per heavy atom. The minimum atomic E-state index is -0.682. The molecule has 1 saturated heterocycles. The highest BCUT2D eigenvalue weighted by molar-refractivity contribution is 5.84. The third-order valence-corrected chi connectivity index (χ3v) is 3.64. The van der Waals surface area contributed by atoms with E-state index in [9.17, 15) is 4.79 Å². The van der Waals surface area contributed by atoms with E-state index >= 15 is 0 Å². The summed E-state index contributed by atoms with van der Waals surface area (Å²) in [4.78, 5) is 24.6. The predicted molar refractivity (Wildman–Crippen MR) is 70.1 cm³/mol. The lowest BCUT2D eigenvalue weighted by Gasteiger charge is -2.37. The molecule has 2 heterocycles. The van der Waals surface area contributed by atoms with Crippen LogP contribution in [0.15, 0.2) is 12.2 Å². The first-order valence-electron chi connectivity index (χ1n) is 6.80. The van der Waals surface area contributed by atoms with Gasteiger partial charge < -0.3 is 9.64 Å². The Morgan fingerprint density at radius 1 is 1.32 bits per heavy atom. The number of hydrogen-bond acceptors (Lipinski definition) is 4. The van der Waals surface area contributed by atoms with Crippen molar-refractivity contribution in [3.63, 3.8) is 0 Å². The second kappa shape index (κ2) is 5.23. The molecule has 0 aromatic rings. The normalized spacial score (nSPS) is 34.0. The molecule has 0 aromatic heterocycles. The molecule has 0 saturated carbocycles. The van der Waals surface area contributed by atoms with Gasteiger partial charge in [0.2, 0.25) is 0 Å². The molecule has 0 aromatic carbocycles. The third-order valence-electron chi connectivity index (χ3n) is 3.64. The van der Waals surface area contributed by atoms with Gasteiger partial charge in [0, 0.05) is 0 Å². The molecule has 0 spiro atoms. The van der Waals surface area contributed by atoms with Gasteiger partial charge in [0.25, 0.3) is 5.91 Å². The molecule has 0 radical (unpaired) electrons. The second-order valence-corrected chi connectivity index (χ2v) is 5.98. The van der Waals surface area contributed by atoms with Crippen LogP contribution in [0.25, 0.3) is 0 Å². The zero-order chi connectivity index (χ0) is 14.2. The molecule has 5 heteroatoms. The van der Waals surface area contributed by atoms with Crippen LogP contribution in [0.1, 0.15) is 34.6 Å². The van der Waals surface area contributed by atoms with Gasteiger partial charge in [-0.1, -0.05) is 19.9 Å². The molecule has 2 aliphatic rings. The summed E-state index contributed by atoms with van der Waals surface area (Å²) in [7, 11) is 0. The quantitative estimate of drug-likeness (QED) is 0.567. The smallest absolute Gasteiger partial charge is 0.261 e. The van der Waals surface area contributed by atoms with Gasteiger partial charge in [0.05, 0.1) is 12.6 Å². The predicted octanol–water partition coefficient (Wildman–Crippen LogP) is 1.88. The molecule has 0 unspecified atom stereocenters. The maximum Gasteiger partial charge on any atom is 0.261 e. The van der Waals surface area contributed by atoms with Crippen LogP contribution in [-0.2, 0) is 19.3 Å². The monoisotopic (exact) mass is 269 g/mol. The summed E-state index contributed by atoms with van der Waals surface area (Å²) in [6.45, 7) is 10.4. The first-order valence-corrected chi connectivity index (χ1v) is 6.80. The van der Waals surface area contributed by atoms with Gasteiger partial charge in [-0.05, 0) is 32.8 Å². The summed E-state index contributed by atoms with van der Waals surface area (Å²) in [5, 5.41) is 0. The Balaban J connectivity index is 2.18. The average Bonchev–Trinajstić information content (AvgIpc) is 2.65. The van der Waals surface area contributed by atoms with E-state index in [2.05, 4.69) is 13.8 Å². The van der Waals surface area contributed by atoms with Gasteiger partial charge in [-0.3, -0.25) is 4.79 Å². The first-order chi connectivity index (χ1) is 8.83. The molecule has 2 rings (SSSR count). The van der Waals surface area contributed by atoms with Crippen LogP contribution in [0.5, 0.6) is 0 Å². The van der Waals surface area contributed by atoms with Crippen molar-refractivity contribution in [1.29, 1.82) is 0 Å². The van der Waals surface area contributed by atoms with Crippen molar-refractivity contribution < 1.29 is 19.3 Å². The molecular formula is C14H23NO4. The summed E-state index contributed by atoms with van der Waals surface area (Å²) in [6.07, 6.45) is 2.79. The summed E-state index contributed by atoms with van der Waals surface area (Å²) >= 11 is 0. The lowest BCUT2D eigenvalue weighted by molar-refractivity contribution is -0.331. The van der Waals surface area contributed by atoms with E-state index < -0.39 is 11.8 Å². The topological polar surface area (TPSA) is 48.0 Å². The Labute approximate surface area is 114 Å². The molecule has 2 aliphatic heterocycles. The molecule has 1 amide bonds. The van der Waals surface area contributed by atoms with E-state index in [4.69, 9.17) is 14.5 Å². The fourth-order valence-corrected chi connectivity index (χ4v) is 2.48. The summed E-state index contributed by atoms with van der Waals surface area (Å²) < 4.78 is 5.74. The number of ether oxygens (including phenoxy) is 1. The fourth-order valence-electron chi connectivity index (χ4n) is 2.48. The van der Waals surface area contributed by atoms with E-state index in [0.29, 0.717) is 12.5 Å². The largest absolute Gasteiger partial charge is 0.354 e. The number of nitrogens with zero attached hydrogens (tertiary/aromatic N) is 1. The summed E-state index contributed by atoms with van der Waals surface area (Å²) in [6, 6.07) is 0.0684. The lowest BCUT2D eigenvalue weighted by atomic mass is 10.0. The van der Waals surface area contributed by atoms with E-state index in [0.717, 1.165) is 0 Å². The highest BCUT2D eigenvalue weighted by atomic mass is 17.2. The van der Waals surface area contributed by atoms with Crippen molar-refractivity contribution in [2.75, 3.05) is 6.61 Å². The van der Waals surface area contributed by atoms with E-state index in [1.165, 1.54) is 0 Å². The van der Waals surface area contributed by atoms with Crippen LogP contribution in [0.2, 0.25) is 0 Å².